The lowest BCUT2D eigenvalue weighted by molar-refractivity contribution is -0.146. The number of hydrogen-bond donors (Lipinski definition) is 11. The number of benzene rings is 12. The van der Waals surface area contributed by atoms with Gasteiger partial charge in [0.15, 0.2) is 18.7 Å². The summed E-state index contributed by atoms with van der Waals surface area (Å²) in [7, 11) is 2.91. The lowest BCUT2D eigenvalue weighted by Gasteiger charge is -2.19. The Balaban J connectivity index is 0.000000102. The number of carboxylic acid groups (broad SMARTS) is 1. The van der Waals surface area contributed by atoms with E-state index in [0.717, 1.165) is 203 Å². The van der Waals surface area contributed by atoms with Gasteiger partial charge in [0.05, 0.1) is 36.4 Å². The number of esters is 2. The third kappa shape index (κ3) is 18.5. The Morgan fingerprint density at radius 2 is 0.813 bits per heavy atom. The molecular weight excluding hydrogens is 1870 g/mol. The number of nitrogens with one attached hydrogen (secondary N) is 9. The summed E-state index contributed by atoms with van der Waals surface area (Å²) in [5.41, 5.74) is 34.2. The van der Waals surface area contributed by atoms with E-state index in [-0.39, 0.29) is 42.0 Å². The molecule has 22 nitrogen and oxygen atoms in total. The topological polar surface area (TPSA) is 330 Å². The number of fused-ring (bicyclic) bond motifs is 12. The zero-order valence-corrected chi connectivity index (χ0v) is 84.4. The highest BCUT2D eigenvalue weighted by Crippen LogP contribution is 2.55. The van der Waals surface area contributed by atoms with Gasteiger partial charge in [-0.25, -0.2) is 14.4 Å². The Labute approximate surface area is 864 Å². The van der Waals surface area contributed by atoms with Crippen molar-refractivity contribution in [1.29, 1.82) is 0 Å². The van der Waals surface area contributed by atoms with Crippen LogP contribution in [0.15, 0.2) is 316 Å². The van der Waals surface area contributed by atoms with Crippen LogP contribution in [0.25, 0.3) is 126 Å². The van der Waals surface area contributed by atoms with E-state index >= 15 is 0 Å². The van der Waals surface area contributed by atoms with Crippen LogP contribution in [0, 0.1) is 38.5 Å². The number of methoxy groups -OCH3 is 2. The Morgan fingerprint density at radius 1 is 0.393 bits per heavy atom. The number of para-hydroxylation sites is 8. The summed E-state index contributed by atoms with van der Waals surface area (Å²) in [6, 6.07) is 92.1. The second-order valence-electron chi connectivity index (χ2n) is 40.3. The van der Waals surface area contributed by atoms with Crippen LogP contribution in [-0.4, -0.2) is 128 Å². The van der Waals surface area contributed by atoms with Gasteiger partial charge in [0.1, 0.15) is 0 Å². The second kappa shape index (κ2) is 41.4. The number of aromatic amines is 9. The predicted octanol–water partition coefficient (Wildman–Crippen LogP) is 27.7. The SMILES string of the molecule is C1=C(C(c2c[nH]c3ccccc23)C2CC2)c2ccccc2C1.COC(=O)c1c(C(c2c[nH]c3ccccc23)C2CC2)[nH]c2ccc(C)cc12.COC(=O)c1c(C(c2c[nH]c3ccccc23)C2CC2)[nH]c2ccccc12.Cc1ccc2[nH]c(C(C)c3cn(C=O)c4ccccc34)c(C=O)c2c1.Cc1ccc2c(c1)c(C=O)c(C(C)c1c[nH]c3ccccc13)n2C=O.O=C(O)C(O)Cc1c(Cc2c[nH]c3ccccc23)[nH]c2ccccc12. The van der Waals surface area contributed by atoms with Crippen molar-refractivity contribution >= 4 is 169 Å². The van der Waals surface area contributed by atoms with Crippen LogP contribution in [0.5, 0.6) is 0 Å². The van der Waals surface area contributed by atoms with E-state index in [4.69, 9.17) is 14.6 Å². The normalized spacial score (nSPS) is 14.4. The number of allylic oxidation sites excluding steroid dienone is 2. The molecule has 11 N–H and O–H groups in total. The molecule has 0 spiro atoms. The average Bonchev–Trinajstić information content (AvgIpc) is 1.60. The quantitative estimate of drug-likeness (QED) is 0.0199. The Morgan fingerprint density at radius 3 is 1.35 bits per heavy atom. The molecule has 11 heterocycles. The molecule has 0 aliphatic heterocycles. The first kappa shape index (κ1) is 97.1. The van der Waals surface area contributed by atoms with Crippen molar-refractivity contribution in [2.75, 3.05) is 14.2 Å². The lowest BCUT2D eigenvalue weighted by atomic mass is 9.84. The molecule has 4 aliphatic rings. The fraction of sp³-hybridized carbons (Fsp3) is 0.195. The molecule has 0 bridgehead atoms. The first-order valence-electron chi connectivity index (χ1n) is 51.4. The van der Waals surface area contributed by atoms with E-state index < -0.39 is 12.1 Å². The van der Waals surface area contributed by atoms with Gasteiger partial charge in [-0.05, 0) is 224 Å². The van der Waals surface area contributed by atoms with E-state index in [9.17, 15) is 38.7 Å². The average molecular weight is 1980 g/mol. The molecule has 27 rings (SSSR count). The molecular formula is C128H115N11O11. The molecule has 748 valence electrons. The number of aromatic nitrogens is 11. The number of carbonyl (C=O) groups is 7. The number of carboxylic acids is 1. The summed E-state index contributed by atoms with van der Waals surface area (Å²) in [6.07, 6.45) is 26.0. The predicted molar refractivity (Wildman–Crippen MR) is 598 cm³/mol. The summed E-state index contributed by atoms with van der Waals surface area (Å²) >= 11 is 0. The van der Waals surface area contributed by atoms with Gasteiger partial charge in [-0.3, -0.25) is 28.3 Å². The number of rotatable bonds is 24. The molecule has 3 fully saturated rings. The highest BCUT2D eigenvalue weighted by atomic mass is 16.5. The molecule has 0 radical (unpaired) electrons. The van der Waals surface area contributed by atoms with E-state index in [0.29, 0.717) is 46.4 Å². The Bertz CT molecular complexity index is 9160. The second-order valence-corrected chi connectivity index (χ2v) is 40.3. The van der Waals surface area contributed by atoms with Crippen molar-refractivity contribution in [3.63, 3.8) is 0 Å². The molecule has 6 atom stereocenters. The van der Waals surface area contributed by atoms with Gasteiger partial charge in [-0.1, -0.05) is 225 Å². The number of aliphatic carboxylic acids is 1. The molecule has 150 heavy (non-hydrogen) atoms. The van der Waals surface area contributed by atoms with E-state index in [1.165, 1.54) is 102 Å². The molecule has 3 saturated carbocycles. The maximum Gasteiger partial charge on any atom is 0.340 e. The highest BCUT2D eigenvalue weighted by molar-refractivity contribution is 6.09. The van der Waals surface area contributed by atoms with Crippen molar-refractivity contribution in [3.8, 4) is 0 Å². The summed E-state index contributed by atoms with van der Waals surface area (Å²) in [6.45, 7) is 10.1. The van der Waals surface area contributed by atoms with E-state index in [2.05, 4.69) is 192 Å². The van der Waals surface area contributed by atoms with Crippen LogP contribution in [0.1, 0.15) is 219 Å². The van der Waals surface area contributed by atoms with Crippen molar-refractivity contribution in [2.24, 2.45) is 17.8 Å². The third-order valence-electron chi connectivity index (χ3n) is 31.0. The number of ether oxygens (including phenoxy) is 2. The smallest absolute Gasteiger partial charge is 0.340 e. The highest BCUT2D eigenvalue weighted by Gasteiger charge is 2.43. The monoisotopic (exact) mass is 1980 g/mol. The number of hydrogen-bond acceptors (Lipinski definition) is 10. The van der Waals surface area contributed by atoms with Crippen molar-refractivity contribution in [2.45, 2.75) is 128 Å². The molecule has 4 aliphatic carbocycles. The fourth-order valence-electron chi connectivity index (χ4n) is 23.3. The Kier molecular flexibility index (Phi) is 26.8. The van der Waals surface area contributed by atoms with Gasteiger partial charge in [0.25, 0.3) is 0 Å². The van der Waals surface area contributed by atoms with Crippen molar-refractivity contribution in [3.05, 3.63) is 434 Å². The molecule has 0 saturated heterocycles. The minimum absolute atomic E-state index is 0.0426. The van der Waals surface area contributed by atoms with Gasteiger partial charge in [0, 0.05) is 228 Å². The first-order valence-corrected chi connectivity index (χ1v) is 51.4. The number of aryl methyl sites for hydroxylation is 3. The third-order valence-corrected chi connectivity index (χ3v) is 31.0. The standard InChI is InChI=1S/C23H22N2O2.C22H20N2O2.2C21H18N2O2.C21H19N.C20H18N2O3/c1-13-7-10-19-16(11-13)21(23(26)27-2)22(25-19)20(14-8-9-14)17-12-24-18-6-4-3-5-15(17)18;1-26-22(25)20-15-7-3-5-9-18(15)24-21(20)19(13-10-11-13)16-12-23-17-8-4-2-6-14(16)17;1-13-7-8-19-16(9-13)18(11-24)21(22-19)14(2)17-10-23(12-25)20-6-4-3-5-15(17)20;1-13-7-8-20-16(9-13)18(11-24)21(23(20)12-25)14(2)17-10-22-19-6-4-3-5-15(17)19;1-2-6-16-14(5-1)11-12-18(16)21(15-9-10-15)19-13-22-20-8-4-3-7-17(19)20;23-19(20(24)25)10-15-14-6-2-4-8-17(14)22-18(15)9-12-11-21-16-7-3-1-5-13(12)16/h3-7,10-12,14,20,24-25H,8-9H2,1-2H3;2-9,12-13,19,23-24H,10-11H2,1H3;2*3-12,14,22H,1-2H3;1-8,12-13,15,21-22H,9-11H2;1-8,11,19,21-23H,9-10H2,(H,24,25). The number of H-pyrrole nitrogens is 9. The molecule has 23 aromatic rings. The zero-order chi connectivity index (χ0) is 103. The molecule has 6 unspecified atom stereocenters. The minimum Gasteiger partial charge on any atom is -0.479 e. The van der Waals surface area contributed by atoms with Gasteiger partial charge in [-0.2, -0.15) is 0 Å². The maximum absolute atomic E-state index is 12.8. The Hall–Kier alpha value is -17.6. The summed E-state index contributed by atoms with van der Waals surface area (Å²) in [5.74, 6) is 0.881. The largest absolute Gasteiger partial charge is 0.479 e. The summed E-state index contributed by atoms with van der Waals surface area (Å²) in [5, 5.41) is 30.6. The minimum atomic E-state index is -1.42. The van der Waals surface area contributed by atoms with Crippen molar-refractivity contribution < 1.29 is 53.2 Å². The van der Waals surface area contributed by atoms with E-state index in [1.54, 1.807) is 14.7 Å². The van der Waals surface area contributed by atoms with Crippen LogP contribution >= 0.6 is 0 Å². The van der Waals surface area contributed by atoms with Crippen LogP contribution < -0.4 is 0 Å². The fourth-order valence-corrected chi connectivity index (χ4v) is 23.3. The number of aliphatic hydroxyl groups is 1. The number of aliphatic hydroxyl groups excluding tert-OH is 1. The van der Waals surface area contributed by atoms with Crippen LogP contribution in [-0.2, 0) is 43.1 Å². The lowest BCUT2D eigenvalue weighted by Crippen LogP contribution is -2.22. The number of aldehydes is 2. The molecule has 0 amide bonds. The zero-order valence-electron chi connectivity index (χ0n) is 84.4. The van der Waals surface area contributed by atoms with E-state index in [1.807, 2.05) is 204 Å². The van der Waals surface area contributed by atoms with Gasteiger partial charge in [-0.15, -0.1) is 0 Å². The molecule has 12 aromatic carbocycles. The molecule has 11 aromatic heterocycles. The first-order chi connectivity index (χ1) is 73.3. The van der Waals surface area contributed by atoms with Crippen LogP contribution in [0.2, 0.25) is 0 Å². The van der Waals surface area contributed by atoms with Gasteiger partial charge < -0.3 is 64.5 Å². The van der Waals surface area contributed by atoms with Crippen LogP contribution in [0.4, 0.5) is 0 Å². The number of nitrogens with zero attached hydrogens (tertiary/aromatic N) is 2. The van der Waals surface area contributed by atoms with Gasteiger partial charge in [0.2, 0.25) is 12.8 Å². The van der Waals surface area contributed by atoms with Crippen LogP contribution in [0.3, 0.4) is 0 Å². The number of carbonyl (C=O) groups excluding carboxylic acids is 6. The van der Waals surface area contributed by atoms with Crippen molar-refractivity contribution in [1.82, 2.24) is 54.0 Å². The summed E-state index contributed by atoms with van der Waals surface area (Å²) < 4.78 is 13.5. The molecule has 22 heteroatoms. The van der Waals surface area contributed by atoms with Gasteiger partial charge >= 0.3 is 17.9 Å². The maximum atomic E-state index is 12.8. The summed E-state index contributed by atoms with van der Waals surface area (Å²) in [4.78, 5) is 114.